The molecule has 0 aliphatic rings. The minimum absolute atomic E-state index is 0.303. The van der Waals surface area contributed by atoms with E-state index in [4.69, 9.17) is 4.74 Å². The van der Waals surface area contributed by atoms with Crippen LogP contribution >= 0.6 is 0 Å². The summed E-state index contributed by atoms with van der Waals surface area (Å²) in [4.78, 5) is 14.8. The van der Waals surface area contributed by atoms with Gasteiger partial charge in [-0.2, -0.15) is 0 Å². The molecule has 2 aromatic carbocycles. The number of ether oxygens (including phenoxy) is 1. The molecule has 3 heteroatoms. The molecular formula is C20H21NO2. The van der Waals surface area contributed by atoms with Gasteiger partial charge in [-0.05, 0) is 37.8 Å². The van der Waals surface area contributed by atoms with E-state index < -0.39 is 0 Å². The fraction of sp³-hybridized carbons (Fsp3) is 0.250. The summed E-state index contributed by atoms with van der Waals surface area (Å²) in [5.74, 6) is -0.303. The van der Waals surface area contributed by atoms with Crippen LogP contribution in [0.3, 0.4) is 0 Å². The first-order chi connectivity index (χ1) is 11.2. The number of H-pyrrole nitrogens is 1. The fourth-order valence-electron chi connectivity index (χ4n) is 2.85. The number of unbranched alkanes of at least 4 members (excludes halogenated alkanes) is 1. The van der Waals surface area contributed by atoms with Crippen LogP contribution in [0, 0.1) is 0 Å². The van der Waals surface area contributed by atoms with Gasteiger partial charge in [-0.15, -0.1) is 0 Å². The van der Waals surface area contributed by atoms with E-state index in [1.165, 1.54) is 27.4 Å². The van der Waals surface area contributed by atoms with Gasteiger partial charge in [0.05, 0.1) is 6.61 Å². The summed E-state index contributed by atoms with van der Waals surface area (Å²) in [7, 11) is 0. The number of rotatable bonds is 6. The first kappa shape index (κ1) is 15.3. The molecule has 0 fully saturated rings. The van der Waals surface area contributed by atoms with Crippen LogP contribution < -0.4 is 0 Å². The van der Waals surface area contributed by atoms with Crippen molar-refractivity contribution in [2.75, 3.05) is 6.61 Å². The van der Waals surface area contributed by atoms with Crippen molar-refractivity contribution in [1.82, 2.24) is 4.98 Å². The lowest BCUT2D eigenvalue weighted by Gasteiger charge is -2.05. The first-order valence-corrected chi connectivity index (χ1v) is 7.98. The van der Waals surface area contributed by atoms with Crippen LogP contribution in [-0.4, -0.2) is 17.6 Å². The predicted molar refractivity (Wildman–Crippen MR) is 94.5 cm³/mol. The second-order valence-electron chi connectivity index (χ2n) is 5.88. The summed E-state index contributed by atoms with van der Waals surface area (Å²) < 4.78 is 5.13. The maximum atomic E-state index is 11.3. The smallest absolute Gasteiger partial charge is 0.333 e. The number of para-hydroxylation sites is 2. The highest BCUT2D eigenvalue weighted by molar-refractivity contribution is 6.08. The third-order valence-electron chi connectivity index (χ3n) is 4.05. The molecule has 1 heterocycles. The Bertz CT molecular complexity index is 860. The molecule has 0 aliphatic heterocycles. The van der Waals surface area contributed by atoms with Gasteiger partial charge in [0.2, 0.25) is 0 Å². The molecule has 1 aromatic heterocycles. The van der Waals surface area contributed by atoms with E-state index >= 15 is 0 Å². The zero-order valence-electron chi connectivity index (χ0n) is 13.4. The van der Waals surface area contributed by atoms with E-state index in [-0.39, 0.29) is 5.97 Å². The van der Waals surface area contributed by atoms with Gasteiger partial charge in [-0.3, -0.25) is 0 Å². The van der Waals surface area contributed by atoms with Gasteiger partial charge in [0, 0.05) is 27.4 Å². The third-order valence-corrected chi connectivity index (χ3v) is 4.05. The molecule has 0 bridgehead atoms. The predicted octanol–water partition coefficient (Wildman–Crippen LogP) is 4.76. The van der Waals surface area contributed by atoms with Gasteiger partial charge in [0.25, 0.3) is 0 Å². The minimum atomic E-state index is -0.303. The van der Waals surface area contributed by atoms with Crippen LogP contribution in [0.1, 0.15) is 25.3 Å². The number of aromatic amines is 1. The third kappa shape index (κ3) is 3.29. The summed E-state index contributed by atoms with van der Waals surface area (Å²) in [6.07, 6.45) is 2.81. The van der Waals surface area contributed by atoms with Crippen molar-refractivity contribution >= 4 is 27.8 Å². The first-order valence-electron chi connectivity index (χ1n) is 7.98. The second kappa shape index (κ2) is 6.69. The Morgan fingerprint density at radius 3 is 2.70 bits per heavy atom. The molecule has 0 saturated heterocycles. The Kier molecular flexibility index (Phi) is 4.47. The topological polar surface area (TPSA) is 42.1 Å². The summed E-state index contributed by atoms with van der Waals surface area (Å²) in [5, 5.41) is 2.53. The van der Waals surface area contributed by atoms with E-state index in [1.807, 2.05) is 6.07 Å². The quantitative estimate of drug-likeness (QED) is 0.405. The number of hydrogen-bond acceptors (Lipinski definition) is 2. The fourth-order valence-corrected chi connectivity index (χ4v) is 2.85. The standard InChI is InChI=1S/C20H21NO2/c1-14(2)20(22)23-13-6-5-8-15-9-7-11-17-16-10-3-4-12-18(16)21-19(15)17/h3-4,7,9-12,21H,1,5-6,8,13H2,2H3. The second-order valence-corrected chi connectivity index (χ2v) is 5.88. The monoisotopic (exact) mass is 307 g/mol. The molecule has 0 amide bonds. The molecule has 3 rings (SSSR count). The normalized spacial score (nSPS) is 11.0. The van der Waals surface area contributed by atoms with Gasteiger partial charge in [0.15, 0.2) is 0 Å². The average Bonchev–Trinajstić information content (AvgIpc) is 2.93. The summed E-state index contributed by atoms with van der Waals surface area (Å²) in [5.41, 5.74) is 4.15. The Labute approximate surface area is 136 Å². The molecule has 23 heavy (non-hydrogen) atoms. The average molecular weight is 307 g/mol. The molecule has 0 aliphatic carbocycles. The van der Waals surface area contributed by atoms with Gasteiger partial charge >= 0.3 is 5.97 Å². The van der Waals surface area contributed by atoms with E-state index in [0.717, 1.165) is 19.3 Å². The minimum Gasteiger partial charge on any atom is -0.462 e. The van der Waals surface area contributed by atoms with Crippen molar-refractivity contribution < 1.29 is 9.53 Å². The highest BCUT2D eigenvalue weighted by Crippen LogP contribution is 2.28. The number of esters is 1. The molecule has 3 nitrogen and oxygen atoms in total. The molecule has 0 radical (unpaired) electrons. The van der Waals surface area contributed by atoms with Gasteiger partial charge < -0.3 is 9.72 Å². The van der Waals surface area contributed by atoms with E-state index in [0.29, 0.717) is 12.2 Å². The van der Waals surface area contributed by atoms with Crippen LogP contribution in [0.5, 0.6) is 0 Å². The zero-order chi connectivity index (χ0) is 16.2. The molecule has 3 aromatic rings. The van der Waals surface area contributed by atoms with E-state index in [1.54, 1.807) is 6.92 Å². The highest BCUT2D eigenvalue weighted by atomic mass is 16.5. The number of fused-ring (bicyclic) bond motifs is 3. The van der Waals surface area contributed by atoms with Crippen LogP contribution in [0.4, 0.5) is 0 Å². The number of carbonyl (C=O) groups is 1. The highest BCUT2D eigenvalue weighted by Gasteiger charge is 2.07. The molecule has 0 unspecified atom stereocenters. The van der Waals surface area contributed by atoms with Crippen molar-refractivity contribution in [3.63, 3.8) is 0 Å². The lowest BCUT2D eigenvalue weighted by Crippen LogP contribution is -2.06. The van der Waals surface area contributed by atoms with Crippen LogP contribution in [-0.2, 0) is 16.0 Å². The molecule has 118 valence electrons. The number of hydrogen-bond donors (Lipinski definition) is 1. The summed E-state index contributed by atoms with van der Waals surface area (Å²) in [6, 6.07) is 14.8. The summed E-state index contributed by atoms with van der Waals surface area (Å²) in [6.45, 7) is 5.70. The van der Waals surface area contributed by atoms with E-state index in [2.05, 4.69) is 48.0 Å². The van der Waals surface area contributed by atoms with Crippen molar-refractivity contribution in [2.24, 2.45) is 0 Å². The number of nitrogens with one attached hydrogen (secondary N) is 1. The Balaban J connectivity index is 1.67. The Morgan fingerprint density at radius 1 is 1.09 bits per heavy atom. The lowest BCUT2D eigenvalue weighted by atomic mass is 10.0. The molecular weight excluding hydrogens is 286 g/mol. The van der Waals surface area contributed by atoms with Crippen LogP contribution in [0.2, 0.25) is 0 Å². The van der Waals surface area contributed by atoms with E-state index in [9.17, 15) is 4.79 Å². The SMILES string of the molecule is C=C(C)C(=O)OCCCCc1cccc2c1[nH]c1ccccc12. The maximum Gasteiger partial charge on any atom is 0.333 e. The van der Waals surface area contributed by atoms with Crippen molar-refractivity contribution in [2.45, 2.75) is 26.2 Å². The molecule has 0 saturated carbocycles. The Morgan fingerprint density at radius 2 is 1.87 bits per heavy atom. The number of aryl methyl sites for hydroxylation is 1. The Hall–Kier alpha value is -2.55. The number of aromatic nitrogens is 1. The van der Waals surface area contributed by atoms with Crippen molar-refractivity contribution in [1.29, 1.82) is 0 Å². The van der Waals surface area contributed by atoms with Crippen molar-refractivity contribution in [3.05, 3.63) is 60.2 Å². The largest absolute Gasteiger partial charge is 0.462 e. The van der Waals surface area contributed by atoms with Gasteiger partial charge in [0.1, 0.15) is 0 Å². The number of carbonyl (C=O) groups excluding carboxylic acids is 1. The van der Waals surface area contributed by atoms with Gasteiger partial charge in [-0.25, -0.2) is 4.79 Å². The molecule has 0 spiro atoms. The van der Waals surface area contributed by atoms with Crippen LogP contribution in [0.25, 0.3) is 21.8 Å². The lowest BCUT2D eigenvalue weighted by molar-refractivity contribution is -0.139. The van der Waals surface area contributed by atoms with Crippen LogP contribution in [0.15, 0.2) is 54.6 Å². The summed E-state index contributed by atoms with van der Waals surface area (Å²) >= 11 is 0. The molecule has 0 atom stereocenters. The van der Waals surface area contributed by atoms with Gasteiger partial charge in [-0.1, -0.05) is 43.0 Å². The molecule has 1 N–H and O–H groups in total. The zero-order valence-corrected chi connectivity index (χ0v) is 13.4. The maximum absolute atomic E-state index is 11.3. The number of benzene rings is 2. The van der Waals surface area contributed by atoms with Crippen molar-refractivity contribution in [3.8, 4) is 0 Å².